The smallest absolute Gasteiger partial charge is 0.383 e. The minimum absolute atomic E-state index is 0.00728. The van der Waals surface area contributed by atoms with Crippen LogP contribution in [0.3, 0.4) is 0 Å². The Kier molecular flexibility index (Phi) is 9.35. The van der Waals surface area contributed by atoms with Crippen molar-refractivity contribution < 1.29 is 32.2 Å². The number of likely N-dealkylation sites (tertiary alicyclic amines) is 1. The van der Waals surface area contributed by atoms with Crippen LogP contribution < -0.4 is 11.1 Å². The number of hydrogen-bond acceptors (Lipinski definition) is 9. The number of fused-ring (bicyclic) bond motifs is 1. The molecule has 44 heavy (non-hydrogen) atoms. The lowest BCUT2D eigenvalue weighted by Crippen LogP contribution is -2.41. The minimum atomic E-state index is -4.56. The number of nitrogen functional groups attached to an aromatic ring is 1. The molecule has 1 atom stereocenters. The third-order valence-corrected chi connectivity index (χ3v) is 7.25. The summed E-state index contributed by atoms with van der Waals surface area (Å²) in [6.45, 7) is 2.28. The highest BCUT2D eigenvalue weighted by molar-refractivity contribution is 6.04. The summed E-state index contributed by atoms with van der Waals surface area (Å²) in [5, 5.41) is 7.78. The van der Waals surface area contributed by atoms with Crippen molar-refractivity contribution in [1.82, 2.24) is 29.6 Å². The van der Waals surface area contributed by atoms with Crippen LogP contribution in [0, 0.1) is 0 Å². The van der Waals surface area contributed by atoms with Crippen molar-refractivity contribution in [2.24, 2.45) is 0 Å². The fraction of sp³-hybridized carbons (Fsp3) is 0.379. The number of carbonyl (C=O) groups excluding carboxylic acids is 2. The standard InChI is InChI=1S/C29H31F3N8O4/c1-43-13-14-44-12-9-23(41)39-11-2-3-21(16-39)40-27-24(26(33)35-17-36-27)25(38-40)18-4-6-19(7-5-18)28(42)37-22-15-20(8-10-34-22)29(30,31)32/h4-8,10,15,17,21H,2-3,9,11-14,16H2,1H3,(H2,33,35,36)(H,34,37,42)/t21-/m1/s1. The molecule has 232 valence electrons. The molecule has 0 saturated carbocycles. The molecule has 3 N–H and O–H groups in total. The average molecular weight is 613 g/mol. The molecule has 0 radical (unpaired) electrons. The number of halogens is 3. The van der Waals surface area contributed by atoms with E-state index in [0.29, 0.717) is 55.2 Å². The van der Waals surface area contributed by atoms with E-state index in [1.807, 2.05) is 0 Å². The van der Waals surface area contributed by atoms with Crippen molar-refractivity contribution in [2.75, 3.05) is 51.1 Å². The molecule has 4 aromatic rings. The van der Waals surface area contributed by atoms with Crippen LogP contribution in [0.4, 0.5) is 24.8 Å². The van der Waals surface area contributed by atoms with Crippen LogP contribution in [0.2, 0.25) is 0 Å². The highest BCUT2D eigenvalue weighted by atomic mass is 19.4. The molecular formula is C29H31F3N8O4. The van der Waals surface area contributed by atoms with Gasteiger partial charge in [-0.2, -0.15) is 18.3 Å². The molecule has 4 heterocycles. The molecule has 1 aromatic carbocycles. The van der Waals surface area contributed by atoms with Gasteiger partial charge in [-0.1, -0.05) is 12.1 Å². The monoisotopic (exact) mass is 612 g/mol. The molecule has 15 heteroatoms. The number of rotatable bonds is 10. The van der Waals surface area contributed by atoms with E-state index in [1.54, 1.807) is 28.8 Å². The SMILES string of the molecule is COCCOCCC(=O)N1CCC[C@@H](n2nc(-c3ccc(C(=O)Nc4cc(C(F)(F)F)ccn4)cc3)c3c(N)ncnc32)C1. The Balaban J connectivity index is 1.34. The lowest BCUT2D eigenvalue weighted by molar-refractivity contribution is -0.137. The maximum absolute atomic E-state index is 13.0. The molecule has 0 bridgehead atoms. The normalized spacial score (nSPS) is 15.5. The third kappa shape index (κ3) is 6.94. The maximum Gasteiger partial charge on any atom is 0.416 e. The molecule has 1 fully saturated rings. The summed E-state index contributed by atoms with van der Waals surface area (Å²) in [6, 6.07) is 7.81. The van der Waals surface area contributed by atoms with Crippen LogP contribution in [-0.4, -0.2) is 81.5 Å². The van der Waals surface area contributed by atoms with E-state index in [2.05, 4.69) is 20.3 Å². The van der Waals surface area contributed by atoms with Crippen molar-refractivity contribution in [2.45, 2.75) is 31.5 Å². The number of piperidine rings is 1. The third-order valence-electron chi connectivity index (χ3n) is 7.25. The number of alkyl halides is 3. The van der Waals surface area contributed by atoms with Gasteiger partial charge in [0.2, 0.25) is 5.91 Å². The Morgan fingerprint density at radius 1 is 1.09 bits per heavy atom. The second kappa shape index (κ2) is 13.3. The summed E-state index contributed by atoms with van der Waals surface area (Å²) in [7, 11) is 1.59. The molecule has 3 aromatic heterocycles. The predicted octanol–water partition coefficient (Wildman–Crippen LogP) is 3.96. The molecule has 1 aliphatic rings. The summed E-state index contributed by atoms with van der Waals surface area (Å²) in [4.78, 5) is 39.8. The second-order valence-electron chi connectivity index (χ2n) is 10.2. The molecule has 0 spiro atoms. The van der Waals surface area contributed by atoms with E-state index in [9.17, 15) is 22.8 Å². The van der Waals surface area contributed by atoms with Crippen molar-refractivity contribution in [3.05, 3.63) is 60.0 Å². The number of hydrogen-bond donors (Lipinski definition) is 2. The zero-order valence-electron chi connectivity index (χ0n) is 23.9. The highest BCUT2D eigenvalue weighted by Gasteiger charge is 2.31. The molecule has 12 nitrogen and oxygen atoms in total. The Morgan fingerprint density at radius 2 is 1.89 bits per heavy atom. The first-order chi connectivity index (χ1) is 21.2. The average Bonchev–Trinajstić information content (AvgIpc) is 3.42. The van der Waals surface area contributed by atoms with E-state index in [4.69, 9.17) is 20.3 Å². The van der Waals surface area contributed by atoms with Crippen LogP contribution in [0.15, 0.2) is 48.9 Å². The number of nitrogens with one attached hydrogen (secondary N) is 1. The molecule has 5 rings (SSSR count). The van der Waals surface area contributed by atoms with Crippen LogP contribution in [0.5, 0.6) is 0 Å². The summed E-state index contributed by atoms with van der Waals surface area (Å²) in [6.07, 6.45) is -0.403. The minimum Gasteiger partial charge on any atom is -0.383 e. The summed E-state index contributed by atoms with van der Waals surface area (Å²) >= 11 is 0. The number of nitrogens with zero attached hydrogens (tertiary/aromatic N) is 6. The second-order valence-corrected chi connectivity index (χ2v) is 10.2. The number of benzene rings is 1. The first-order valence-corrected chi connectivity index (χ1v) is 13.9. The van der Waals surface area contributed by atoms with Crippen LogP contribution >= 0.6 is 0 Å². The van der Waals surface area contributed by atoms with Gasteiger partial charge in [0, 0.05) is 37.5 Å². The van der Waals surface area contributed by atoms with Crippen molar-refractivity contribution >= 4 is 34.5 Å². The van der Waals surface area contributed by atoms with Crippen molar-refractivity contribution in [3.63, 3.8) is 0 Å². The first-order valence-electron chi connectivity index (χ1n) is 13.9. The van der Waals surface area contributed by atoms with Gasteiger partial charge in [-0.25, -0.2) is 19.6 Å². The fourth-order valence-corrected chi connectivity index (χ4v) is 5.04. The summed E-state index contributed by atoms with van der Waals surface area (Å²) in [5.74, 6) is -0.627. The van der Waals surface area contributed by atoms with Gasteiger partial charge in [0.15, 0.2) is 5.65 Å². The van der Waals surface area contributed by atoms with Crippen molar-refractivity contribution in [1.29, 1.82) is 0 Å². The quantitative estimate of drug-likeness (QED) is 0.254. The number of amides is 2. The lowest BCUT2D eigenvalue weighted by Gasteiger charge is -2.33. The summed E-state index contributed by atoms with van der Waals surface area (Å²) < 4.78 is 51.3. The topological polar surface area (TPSA) is 150 Å². The Bertz CT molecular complexity index is 1630. The van der Waals surface area contributed by atoms with E-state index in [1.165, 1.54) is 18.5 Å². The number of ether oxygens (including phenoxy) is 2. The van der Waals surface area contributed by atoms with Gasteiger partial charge in [0.1, 0.15) is 23.7 Å². The van der Waals surface area contributed by atoms with Gasteiger partial charge in [0.25, 0.3) is 5.91 Å². The van der Waals surface area contributed by atoms with Gasteiger partial charge >= 0.3 is 6.18 Å². The molecule has 1 saturated heterocycles. The number of nitrogens with two attached hydrogens (primary N) is 1. The molecule has 0 aliphatic carbocycles. The van der Waals surface area contributed by atoms with Gasteiger partial charge in [0.05, 0.1) is 43.2 Å². The number of aromatic nitrogens is 5. The number of carbonyl (C=O) groups is 2. The zero-order valence-corrected chi connectivity index (χ0v) is 23.9. The van der Waals surface area contributed by atoms with E-state index in [-0.39, 0.29) is 35.6 Å². The van der Waals surface area contributed by atoms with Crippen molar-refractivity contribution in [3.8, 4) is 11.3 Å². The Morgan fingerprint density at radius 3 is 2.64 bits per heavy atom. The van der Waals surface area contributed by atoms with Crippen LogP contribution in [0.25, 0.3) is 22.3 Å². The zero-order chi connectivity index (χ0) is 31.3. The Hall–Kier alpha value is -4.63. The number of anilines is 2. The molecule has 0 unspecified atom stereocenters. The summed E-state index contributed by atoms with van der Waals surface area (Å²) in [5.41, 5.74) is 7.20. The van der Waals surface area contributed by atoms with Gasteiger partial charge in [-0.05, 0) is 37.1 Å². The molecule has 2 amide bonds. The first kappa shape index (κ1) is 30.8. The molecule has 1 aliphatic heterocycles. The highest BCUT2D eigenvalue weighted by Crippen LogP contribution is 2.34. The largest absolute Gasteiger partial charge is 0.416 e. The van der Waals surface area contributed by atoms with Gasteiger partial charge in [-0.15, -0.1) is 0 Å². The van der Waals surface area contributed by atoms with Crippen LogP contribution in [-0.2, 0) is 20.4 Å². The fourth-order valence-electron chi connectivity index (χ4n) is 5.04. The van der Waals surface area contributed by atoms with E-state index < -0.39 is 17.6 Å². The lowest BCUT2D eigenvalue weighted by atomic mass is 10.1. The maximum atomic E-state index is 13.0. The molecular weight excluding hydrogens is 581 g/mol. The number of pyridine rings is 1. The van der Waals surface area contributed by atoms with Gasteiger partial charge in [-0.3, -0.25) is 9.59 Å². The van der Waals surface area contributed by atoms with E-state index >= 15 is 0 Å². The van der Waals surface area contributed by atoms with E-state index in [0.717, 1.165) is 31.2 Å². The predicted molar refractivity (Wildman–Crippen MR) is 155 cm³/mol. The Labute approximate surface area is 250 Å². The van der Waals surface area contributed by atoms with Crippen LogP contribution in [0.1, 0.15) is 41.2 Å². The van der Waals surface area contributed by atoms with Gasteiger partial charge < -0.3 is 25.4 Å². The number of methoxy groups -OCH3 is 1.